The molecule has 2 aromatic rings. The number of halogens is 1. The molecule has 1 aromatic heterocycles. The maximum Gasteiger partial charge on any atom is 0.248 e. The van der Waals surface area contributed by atoms with E-state index in [0.717, 1.165) is 27.0 Å². The first kappa shape index (κ1) is 16.4. The fourth-order valence-corrected chi connectivity index (χ4v) is 3.56. The Bertz CT molecular complexity index is 729. The number of thiophene rings is 1. The van der Waals surface area contributed by atoms with E-state index >= 15 is 0 Å². The molecule has 0 spiro atoms. The van der Waals surface area contributed by atoms with Gasteiger partial charge in [-0.25, -0.2) is 5.01 Å². The Hall–Kier alpha value is -1.46. The number of carbonyl (C=O) groups excluding carboxylic acids is 1. The van der Waals surface area contributed by atoms with Gasteiger partial charge in [-0.1, -0.05) is 54.9 Å². The lowest BCUT2D eigenvalue weighted by atomic mass is 9.93. The van der Waals surface area contributed by atoms with Crippen molar-refractivity contribution in [3.63, 3.8) is 0 Å². The van der Waals surface area contributed by atoms with Crippen LogP contribution in [0.25, 0.3) is 0 Å². The van der Waals surface area contributed by atoms with Crippen molar-refractivity contribution in [2.24, 2.45) is 10.5 Å². The summed E-state index contributed by atoms with van der Waals surface area (Å²) in [5.41, 5.74) is 1.65. The molecule has 0 radical (unpaired) electrons. The molecule has 0 saturated heterocycles. The molecule has 120 valence electrons. The molecule has 1 aromatic carbocycles. The third-order valence-electron chi connectivity index (χ3n) is 3.82. The Morgan fingerprint density at radius 2 is 1.96 bits per heavy atom. The van der Waals surface area contributed by atoms with Crippen LogP contribution in [0.4, 0.5) is 0 Å². The van der Waals surface area contributed by atoms with Gasteiger partial charge in [0.15, 0.2) is 0 Å². The molecule has 0 aliphatic carbocycles. The van der Waals surface area contributed by atoms with Gasteiger partial charge < -0.3 is 0 Å². The Balaban J connectivity index is 1.98. The van der Waals surface area contributed by atoms with Crippen LogP contribution in [-0.2, 0) is 4.79 Å². The Kier molecular flexibility index (Phi) is 4.43. The van der Waals surface area contributed by atoms with Gasteiger partial charge in [-0.2, -0.15) is 5.10 Å². The molecule has 2 heterocycles. The quantitative estimate of drug-likeness (QED) is 0.690. The lowest BCUT2D eigenvalue weighted by Gasteiger charge is -2.28. The Labute approximate surface area is 149 Å². The monoisotopic (exact) mass is 390 g/mol. The minimum Gasteiger partial charge on any atom is -0.272 e. The van der Waals surface area contributed by atoms with Crippen molar-refractivity contribution in [3.8, 4) is 0 Å². The number of carbonyl (C=O) groups is 1. The average Bonchev–Trinajstić information content (AvgIpc) is 3.15. The highest BCUT2D eigenvalue weighted by atomic mass is 79.9. The fraction of sp³-hybridized carbons (Fsp3) is 0.333. The Morgan fingerprint density at radius 3 is 2.52 bits per heavy atom. The molecule has 1 aliphatic rings. The number of hydrogen-bond donors (Lipinski definition) is 0. The summed E-state index contributed by atoms with van der Waals surface area (Å²) >= 11 is 5.13. The zero-order chi connectivity index (χ0) is 16.6. The van der Waals surface area contributed by atoms with Crippen LogP contribution in [-0.4, -0.2) is 16.6 Å². The number of rotatable bonds is 2. The van der Waals surface area contributed by atoms with Gasteiger partial charge in [-0.05, 0) is 29.1 Å². The molecule has 1 atom stereocenters. The standard InChI is InChI=1S/C18H19BrN2OS/c1-18(2,3)17(22)21-15(12-6-8-13(19)9-7-12)11-14(20-21)16-5-4-10-23-16/h4-10,15H,11H2,1-3H3. The van der Waals surface area contributed by atoms with Crippen molar-refractivity contribution < 1.29 is 4.79 Å². The minimum atomic E-state index is -0.456. The van der Waals surface area contributed by atoms with Gasteiger partial charge in [0.25, 0.3) is 0 Å². The van der Waals surface area contributed by atoms with Crippen molar-refractivity contribution >= 4 is 38.9 Å². The second-order valence-corrected chi connectivity index (χ2v) is 8.56. The second-order valence-electron chi connectivity index (χ2n) is 6.70. The van der Waals surface area contributed by atoms with Gasteiger partial charge in [0.05, 0.1) is 16.6 Å². The number of nitrogens with zero attached hydrogens (tertiary/aromatic N) is 2. The van der Waals surface area contributed by atoms with Crippen LogP contribution in [0.2, 0.25) is 0 Å². The SMILES string of the molecule is CC(C)(C)C(=O)N1N=C(c2cccs2)CC1c1ccc(Br)cc1. The summed E-state index contributed by atoms with van der Waals surface area (Å²) in [5.74, 6) is 0.0528. The highest BCUT2D eigenvalue weighted by Gasteiger charge is 2.38. The van der Waals surface area contributed by atoms with Crippen molar-refractivity contribution in [3.05, 3.63) is 56.7 Å². The molecule has 3 rings (SSSR count). The highest BCUT2D eigenvalue weighted by Crippen LogP contribution is 2.36. The van der Waals surface area contributed by atoms with Crippen LogP contribution in [0.1, 0.15) is 43.7 Å². The lowest BCUT2D eigenvalue weighted by Crippen LogP contribution is -2.36. The first-order chi connectivity index (χ1) is 10.9. The van der Waals surface area contributed by atoms with E-state index in [1.807, 2.05) is 44.4 Å². The fourth-order valence-electron chi connectivity index (χ4n) is 2.58. The largest absolute Gasteiger partial charge is 0.272 e. The summed E-state index contributed by atoms with van der Waals surface area (Å²) in [6.45, 7) is 5.81. The summed E-state index contributed by atoms with van der Waals surface area (Å²) in [4.78, 5) is 14.0. The number of benzene rings is 1. The molecule has 1 unspecified atom stereocenters. The van der Waals surface area contributed by atoms with Gasteiger partial charge in [0.1, 0.15) is 0 Å². The average molecular weight is 391 g/mol. The van der Waals surface area contributed by atoms with Crippen LogP contribution >= 0.6 is 27.3 Å². The first-order valence-electron chi connectivity index (χ1n) is 7.57. The van der Waals surface area contributed by atoms with Gasteiger partial charge in [0, 0.05) is 16.3 Å². The van der Waals surface area contributed by atoms with E-state index in [1.165, 1.54) is 0 Å². The molecular weight excluding hydrogens is 372 g/mol. The summed E-state index contributed by atoms with van der Waals surface area (Å²) < 4.78 is 1.03. The zero-order valence-corrected chi connectivity index (χ0v) is 15.8. The lowest BCUT2D eigenvalue weighted by molar-refractivity contribution is -0.141. The van der Waals surface area contributed by atoms with E-state index in [2.05, 4.69) is 39.2 Å². The van der Waals surface area contributed by atoms with Crippen molar-refractivity contribution in [2.45, 2.75) is 33.2 Å². The predicted octanol–water partition coefficient (Wildman–Crippen LogP) is 5.23. The summed E-state index contributed by atoms with van der Waals surface area (Å²) in [7, 11) is 0. The van der Waals surface area contributed by atoms with Crippen molar-refractivity contribution in [1.82, 2.24) is 5.01 Å². The van der Waals surface area contributed by atoms with Gasteiger partial charge in [-0.3, -0.25) is 4.79 Å². The van der Waals surface area contributed by atoms with E-state index in [0.29, 0.717) is 0 Å². The van der Waals surface area contributed by atoms with E-state index in [9.17, 15) is 4.79 Å². The van der Waals surface area contributed by atoms with Crippen LogP contribution in [0.15, 0.2) is 51.4 Å². The first-order valence-corrected chi connectivity index (χ1v) is 9.24. The van der Waals surface area contributed by atoms with Crippen LogP contribution in [0, 0.1) is 5.41 Å². The van der Waals surface area contributed by atoms with Gasteiger partial charge in [-0.15, -0.1) is 11.3 Å². The molecule has 23 heavy (non-hydrogen) atoms. The molecule has 0 fully saturated rings. The normalized spacial score (nSPS) is 18.2. The van der Waals surface area contributed by atoms with Gasteiger partial charge in [0.2, 0.25) is 5.91 Å². The molecule has 1 aliphatic heterocycles. The predicted molar refractivity (Wildman–Crippen MR) is 98.7 cm³/mol. The van der Waals surface area contributed by atoms with Crippen LogP contribution in [0.5, 0.6) is 0 Å². The maximum atomic E-state index is 12.8. The molecule has 1 amide bonds. The maximum absolute atomic E-state index is 12.8. The van der Waals surface area contributed by atoms with Crippen molar-refractivity contribution in [1.29, 1.82) is 0 Å². The number of hydrazone groups is 1. The molecule has 0 N–H and O–H groups in total. The molecule has 0 saturated carbocycles. The van der Waals surface area contributed by atoms with Gasteiger partial charge >= 0.3 is 0 Å². The topological polar surface area (TPSA) is 32.7 Å². The minimum absolute atomic E-state index is 0.0353. The smallest absolute Gasteiger partial charge is 0.248 e. The van der Waals surface area contributed by atoms with Crippen molar-refractivity contribution in [2.75, 3.05) is 0 Å². The highest BCUT2D eigenvalue weighted by molar-refractivity contribution is 9.10. The van der Waals surface area contributed by atoms with Crippen LogP contribution in [0.3, 0.4) is 0 Å². The molecule has 5 heteroatoms. The van der Waals surface area contributed by atoms with E-state index in [1.54, 1.807) is 16.3 Å². The van der Waals surface area contributed by atoms with E-state index in [4.69, 9.17) is 0 Å². The van der Waals surface area contributed by atoms with Crippen LogP contribution < -0.4 is 0 Å². The van der Waals surface area contributed by atoms with E-state index < -0.39 is 5.41 Å². The number of amides is 1. The van der Waals surface area contributed by atoms with E-state index in [-0.39, 0.29) is 11.9 Å². The number of hydrogen-bond acceptors (Lipinski definition) is 3. The molecular formula is C18H19BrN2OS. The summed E-state index contributed by atoms with van der Waals surface area (Å²) in [5, 5.41) is 8.40. The molecule has 0 bridgehead atoms. The third-order valence-corrected chi connectivity index (χ3v) is 5.27. The summed E-state index contributed by atoms with van der Waals surface area (Å²) in [6.07, 6.45) is 0.754. The zero-order valence-electron chi connectivity index (χ0n) is 13.4. The molecule has 3 nitrogen and oxygen atoms in total. The second kappa shape index (κ2) is 6.21. The summed E-state index contributed by atoms with van der Waals surface area (Å²) in [6, 6.07) is 12.2. The third kappa shape index (κ3) is 3.40. The Morgan fingerprint density at radius 1 is 1.26 bits per heavy atom.